The van der Waals surface area contributed by atoms with Gasteiger partial charge in [0.2, 0.25) is 5.91 Å². The molecule has 2 aromatic carbocycles. The number of aromatic nitrogens is 3. The van der Waals surface area contributed by atoms with Crippen LogP contribution in [0.2, 0.25) is 5.02 Å². The van der Waals surface area contributed by atoms with Crippen LogP contribution in [0.3, 0.4) is 0 Å². The van der Waals surface area contributed by atoms with Gasteiger partial charge in [0.15, 0.2) is 0 Å². The Kier molecular flexibility index (Phi) is 6.04. The van der Waals surface area contributed by atoms with E-state index in [1.807, 2.05) is 42.5 Å². The lowest BCUT2D eigenvalue weighted by Gasteiger charge is -2.08. The maximum atomic E-state index is 12.9. The van der Waals surface area contributed by atoms with Gasteiger partial charge >= 0.3 is 0 Å². The molecule has 2 aromatic heterocycles. The van der Waals surface area contributed by atoms with E-state index in [0.29, 0.717) is 29.3 Å². The molecule has 158 valence electrons. The molecular weight excluding hydrogens is 416 g/mol. The van der Waals surface area contributed by atoms with Crippen molar-refractivity contribution in [1.82, 2.24) is 19.5 Å². The molecule has 0 saturated carbocycles. The number of benzene rings is 2. The predicted molar refractivity (Wildman–Crippen MR) is 120 cm³/mol. The van der Waals surface area contributed by atoms with Crippen LogP contribution in [0.5, 0.6) is 5.75 Å². The van der Waals surface area contributed by atoms with Crippen LogP contribution in [-0.4, -0.2) is 33.7 Å². The van der Waals surface area contributed by atoms with Crippen molar-refractivity contribution < 1.29 is 9.53 Å². The highest BCUT2D eigenvalue weighted by Gasteiger charge is 2.11. The minimum Gasteiger partial charge on any atom is -0.497 e. The zero-order valence-electron chi connectivity index (χ0n) is 16.9. The maximum absolute atomic E-state index is 12.9. The fourth-order valence-electron chi connectivity index (χ4n) is 3.32. The molecule has 1 N–H and O–H groups in total. The molecule has 7 nitrogen and oxygen atoms in total. The Morgan fingerprint density at radius 2 is 1.97 bits per heavy atom. The van der Waals surface area contributed by atoms with Crippen LogP contribution in [0.4, 0.5) is 0 Å². The molecular formula is C23H21ClN4O3. The van der Waals surface area contributed by atoms with E-state index in [1.165, 1.54) is 0 Å². The molecule has 31 heavy (non-hydrogen) atoms. The number of nitrogens with one attached hydrogen (secondary N) is 1. The van der Waals surface area contributed by atoms with E-state index in [9.17, 15) is 9.59 Å². The Balaban J connectivity index is 1.45. The maximum Gasteiger partial charge on any atom is 0.276 e. The van der Waals surface area contributed by atoms with Crippen molar-refractivity contribution in [2.24, 2.45) is 0 Å². The zero-order chi connectivity index (χ0) is 21.8. The van der Waals surface area contributed by atoms with E-state index in [-0.39, 0.29) is 17.9 Å². The lowest BCUT2D eigenvalue weighted by atomic mass is 10.1. The molecule has 0 bridgehead atoms. The van der Waals surface area contributed by atoms with Crippen molar-refractivity contribution >= 4 is 23.0 Å². The first-order valence-electron chi connectivity index (χ1n) is 9.78. The monoisotopic (exact) mass is 436 g/mol. The SMILES string of the molecule is COc1cccc(-c2cc3c(=O)n(CCNC(=O)Cc4ccccc4Cl)ccn3n2)c1. The van der Waals surface area contributed by atoms with Crippen molar-refractivity contribution in [1.29, 1.82) is 0 Å². The Morgan fingerprint density at radius 1 is 1.13 bits per heavy atom. The van der Waals surface area contributed by atoms with Gasteiger partial charge < -0.3 is 14.6 Å². The van der Waals surface area contributed by atoms with Gasteiger partial charge in [-0.2, -0.15) is 5.10 Å². The quantitative estimate of drug-likeness (QED) is 0.482. The summed E-state index contributed by atoms with van der Waals surface area (Å²) in [5.41, 5.74) is 2.60. The molecule has 0 spiro atoms. The van der Waals surface area contributed by atoms with Crippen molar-refractivity contribution in [3.8, 4) is 17.0 Å². The molecule has 0 fully saturated rings. The summed E-state index contributed by atoms with van der Waals surface area (Å²) < 4.78 is 8.38. The number of amides is 1. The number of carbonyl (C=O) groups excluding carboxylic acids is 1. The Morgan fingerprint density at radius 3 is 2.77 bits per heavy atom. The molecule has 0 aliphatic heterocycles. The van der Waals surface area contributed by atoms with Crippen LogP contribution in [0.25, 0.3) is 16.8 Å². The van der Waals surface area contributed by atoms with Gasteiger partial charge in [0.25, 0.3) is 5.56 Å². The number of ether oxygens (including phenoxy) is 1. The van der Waals surface area contributed by atoms with Gasteiger partial charge in [-0.15, -0.1) is 0 Å². The molecule has 8 heteroatoms. The second-order valence-electron chi connectivity index (χ2n) is 7.01. The van der Waals surface area contributed by atoms with Gasteiger partial charge in [-0.1, -0.05) is 41.9 Å². The first-order valence-corrected chi connectivity index (χ1v) is 10.2. The zero-order valence-corrected chi connectivity index (χ0v) is 17.7. The summed E-state index contributed by atoms with van der Waals surface area (Å²) in [6.07, 6.45) is 3.59. The summed E-state index contributed by atoms with van der Waals surface area (Å²) in [7, 11) is 1.61. The first kappa shape index (κ1) is 20.7. The third-order valence-corrected chi connectivity index (χ3v) is 5.32. The van der Waals surface area contributed by atoms with E-state index in [4.69, 9.17) is 16.3 Å². The van der Waals surface area contributed by atoms with Crippen LogP contribution in [0.1, 0.15) is 5.56 Å². The normalized spacial score (nSPS) is 10.9. The number of hydrogen-bond donors (Lipinski definition) is 1. The Bertz CT molecular complexity index is 1300. The lowest BCUT2D eigenvalue weighted by Crippen LogP contribution is -2.32. The van der Waals surface area contributed by atoms with Crippen molar-refractivity contribution in [3.05, 3.63) is 87.9 Å². The summed E-state index contributed by atoms with van der Waals surface area (Å²) >= 11 is 6.10. The van der Waals surface area contributed by atoms with Gasteiger partial charge in [0.05, 0.1) is 19.2 Å². The number of fused-ring (bicyclic) bond motifs is 1. The molecule has 0 radical (unpaired) electrons. The smallest absolute Gasteiger partial charge is 0.276 e. The average molecular weight is 437 g/mol. The van der Waals surface area contributed by atoms with E-state index >= 15 is 0 Å². The second kappa shape index (κ2) is 9.06. The van der Waals surface area contributed by atoms with Crippen LogP contribution >= 0.6 is 11.6 Å². The molecule has 1 amide bonds. The molecule has 0 aliphatic carbocycles. The average Bonchev–Trinajstić information content (AvgIpc) is 3.22. The molecule has 4 aromatic rings. The highest BCUT2D eigenvalue weighted by molar-refractivity contribution is 6.31. The summed E-state index contributed by atoms with van der Waals surface area (Å²) in [6, 6.07) is 16.5. The van der Waals surface area contributed by atoms with Crippen LogP contribution in [-0.2, 0) is 17.8 Å². The Hall–Kier alpha value is -3.58. The number of hydrogen-bond acceptors (Lipinski definition) is 4. The largest absolute Gasteiger partial charge is 0.497 e. The molecule has 4 rings (SSSR count). The fourth-order valence-corrected chi connectivity index (χ4v) is 3.52. The van der Waals surface area contributed by atoms with Crippen LogP contribution in [0.15, 0.2) is 71.8 Å². The van der Waals surface area contributed by atoms with E-state index in [2.05, 4.69) is 10.4 Å². The summed E-state index contributed by atoms with van der Waals surface area (Å²) in [5, 5.41) is 7.88. The molecule has 0 unspecified atom stereocenters. The van der Waals surface area contributed by atoms with Gasteiger partial charge in [0, 0.05) is 36.1 Å². The number of carbonyl (C=O) groups is 1. The molecule has 0 atom stereocenters. The lowest BCUT2D eigenvalue weighted by molar-refractivity contribution is -0.120. The molecule has 0 saturated heterocycles. The van der Waals surface area contributed by atoms with E-state index < -0.39 is 0 Å². The minimum absolute atomic E-state index is 0.146. The highest BCUT2D eigenvalue weighted by atomic mass is 35.5. The van der Waals surface area contributed by atoms with Crippen LogP contribution in [0, 0.1) is 0 Å². The number of halogens is 1. The summed E-state index contributed by atoms with van der Waals surface area (Å²) in [4.78, 5) is 25.0. The summed E-state index contributed by atoms with van der Waals surface area (Å²) in [5.74, 6) is 0.575. The van der Waals surface area contributed by atoms with Crippen molar-refractivity contribution in [2.75, 3.05) is 13.7 Å². The number of rotatable bonds is 7. The second-order valence-corrected chi connectivity index (χ2v) is 7.41. The predicted octanol–water partition coefficient (Wildman–Crippen LogP) is 3.18. The molecule has 0 aliphatic rings. The highest BCUT2D eigenvalue weighted by Crippen LogP contribution is 2.23. The Labute approximate surface area is 183 Å². The standard InChI is InChI=1S/C23H21ClN4O3/c1-31-18-7-4-6-17(13-18)20-15-21-23(30)27(11-12-28(21)26-20)10-9-25-22(29)14-16-5-2-3-8-19(16)24/h2-8,11-13,15H,9-10,14H2,1H3,(H,25,29). The third-order valence-electron chi connectivity index (χ3n) is 4.95. The topological polar surface area (TPSA) is 77.6 Å². The summed E-state index contributed by atoms with van der Waals surface area (Å²) in [6.45, 7) is 0.680. The van der Waals surface area contributed by atoms with Crippen LogP contribution < -0.4 is 15.6 Å². The van der Waals surface area contributed by atoms with Gasteiger partial charge in [-0.05, 0) is 29.8 Å². The van der Waals surface area contributed by atoms with E-state index in [1.54, 1.807) is 40.7 Å². The van der Waals surface area contributed by atoms with Crippen molar-refractivity contribution in [2.45, 2.75) is 13.0 Å². The number of nitrogens with zero attached hydrogens (tertiary/aromatic N) is 3. The third kappa shape index (κ3) is 4.62. The molecule has 2 heterocycles. The number of methoxy groups -OCH3 is 1. The van der Waals surface area contributed by atoms with E-state index in [0.717, 1.165) is 16.9 Å². The van der Waals surface area contributed by atoms with Gasteiger partial charge in [-0.25, -0.2) is 4.52 Å². The van der Waals surface area contributed by atoms with Gasteiger partial charge in [-0.3, -0.25) is 9.59 Å². The van der Waals surface area contributed by atoms with Gasteiger partial charge in [0.1, 0.15) is 11.3 Å². The van der Waals surface area contributed by atoms with Crippen molar-refractivity contribution in [3.63, 3.8) is 0 Å². The minimum atomic E-state index is -0.176. The fraction of sp³-hybridized carbons (Fsp3) is 0.174. The first-order chi connectivity index (χ1) is 15.0.